The summed E-state index contributed by atoms with van der Waals surface area (Å²) in [5.41, 5.74) is 2.33. The number of anilines is 1. The first-order chi connectivity index (χ1) is 14.7. The molecule has 0 aliphatic carbocycles. The second-order valence-corrected chi connectivity index (χ2v) is 7.53. The molecule has 0 bridgehead atoms. The van der Waals surface area contributed by atoms with Gasteiger partial charge in [0.15, 0.2) is 0 Å². The molecule has 2 heterocycles. The molecule has 2 aliphatic rings. The summed E-state index contributed by atoms with van der Waals surface area (Å²) in [5.74, 6) is -2.00. The third-order valence-corrected chi connectivity index (χ3v) is 5.58. The molecule has 0 atom stereocenters. The van der Waals surface area contributed by atoms with Crippen LogP contribution >= 0.6 is 0 Å². The number of fused-ring (bicyclic) bond motifs is 3. The van der Waals surface area contributed by atoms with Crippen LogP contribution in [0.3, 0.4) is 0 Å². The zero-order valence-corrected chi connectivity index (χ0v) is 16.5. The van der Waals surface area contributed by atoms with E-state index in [0.29, 0.717) is 31.0 Å². The van der Waals surface area contributed by atoms with Gasteiger partial charge in [-0.1, -0.05) is 54.6 Å². The van der Waals surface area contributed by atoms with Gasteiger partial charge in [0.2, 0.25) is 5.91 Å². The minimum atomic E-state index is -1.42. The molecule has 6 heteroatoms. The first-order valence-corrected chi connectivity index (χ1v) is 10.1. The van der Waals surface area contributed by atoms with Gasteiger partial charge in [-0.2, -0.15) is 0 Å². The smallest absolute Gasteiger partial charge is 0.293 e. The predicted molar refractivity (Wildman–Crippen MR) is 113 cm³/mol. The van der Waals surface area contributed by atoms with Gasteiger partial charge in [-0.15, -0.1) is 0 Å². The average molecular weight is 402 g/mol. The fourth-order valence-electron chi connectivity index (χ4n) is 4.11. The van der Waals surface area contributed by atoms with Crippen molar-refractivity contribution in [2.45, 2.75) is 18.8 Å². The van der Waals surface area contributed by atoms with Crippen LogP contribution in [0.25, 0.3) is 10.8 Å². The maximum Gasteiger partial charge on any atom is 0.293 e. The molecule has 2 aliphatic heterocycles. The number of carbonyl (C=O) groups is 2. The van der Waals surface area contributed by atoms with Crippen LogP contribution in [0.2, 0.25) is 0 Å². The molecule has 3 aromatic rings. The van der Waals surface area contributed by atoms with Crippen LogP contribution < -0.4 is 10.2 Å². The average Bonchev–Trinajstić information content (AvgIpc) is 3.01. The molecule has 6 nitrogen and oxygen atoms in total. The molecule has 0 unspecified atom stereocenters. The summed E-state index contributed by atoms with van der Waals surface area (Å²) in [6, 6.07) is 21.5. The van der Waals surface area contributed by atoms with E-state index in [1.165, 1.54) is 4.90 Å². The summed E-state index contributed by atoms with van der Waals surface area (Å²) < 4.78 is 11.6. The number of nitrogens with one attached hydrogen (secondary N) is 1. The summed E-state index contributed by atoms with van der Waals surface area (Å²) in [4.78, 5) is 27.3. The summed E-state index contributed by atoms with van der Waals surface area (Å²) in [6.07, 6.45) is 0.740. The first-order valence-electron chi connectivity index (χ1n) is 10.1. The molecule has 30 heavy (non-hydrogen) atoms. The molecule has 5 rings (SSSR count). The van der Waals surface area contributed by atoms with Gasteiger partial charge in [0.25, 0.3) is 11.7 Å². The number of amides is 2. The lowest BCUT2D eigenvalue weighted by atomic mass is 10.1. The number of para-hydroxylation sites is 1. The highest BCUT2D eigenvalue weighted by Gasteiger charge is 2.55. The third kappa shape index (κ3) is 3.14. The minimum Gasteiger partial charge on any atom is -0.350 e. The summed E-state index contributed by atoms with van der Waals surface area (Å²) in [7, 11) is 0. The molecule has 2 amide bonds. The monoisotopic (exact) mass is 402 g/mol. The lowest BCUT2D eigenvalue weighted by molar-refractivity contribution is -0.256. The number of carbonyl (C=O) groups excluding carboxylic acids is 2. The van der Waals surface area contributed by atoms with Gasteiger partial charge in [0, 0.05) is 12.1 Å². The van der Waals surface area contributed by atoms with Gasteiger partial charge < -0.3 is 14.8 Å². The van der Waals surface area contributed by atoms with Crippen LogP contribution in [0.15, 0.2) is 66.7 Å². The van der Waals surface area contributed by atoms with Crippen LogP contribution in [-0.4, -0.2) is 31.6 Å². The van der Waals surface area contributed by atoms with Crippen molar-refractivity contribution in [3.8, 4) is 0 Å². The molecule has 1 fully saturated rings. The highest BCUT2D eigenvalue weighted by Crippen LogP contribution is 2.44. The molecule has 152 valence electrons. The van der Waals surface area contributed by atoms with E-state index in [-0.39, 0.29) is 18.4 Å². The number of benzene rings is 3. The zero-order valence-electron chi connectivity index (χ0n) is 16.5. The maximum atomic E-state index is 13.2. The van der Waals surface area contributed by atoms with Gasteiger partial charge in [-0.05, 0) is 34.9 Å². The van der Waals surface area contributed by atoms with E-state index in [0.717, 1.165) is 22.8 Å². The van der Waals surface area contributed by atoms with Gasteiger partial charge in [-0.3, -0.25) is 14.5 Å². The second kappa shape index (κ2) is 7.55. The molecular weight excluding hydrogens is 380 g/mol. The Labute approximate surface area is 174 Å². The van der Waals surface area contributed by atoms with Crippen LogP contribution in [-0.2, 0) is 31.4 Å². The lowest BCUT2D eigenvalue weighted by Gasteiger charge is -2.32. The third-order valence-electron chi connectivity index (χ3n) is 5.58. The zero-order chi connectivity index (χ0) is 20.6. The summed E-state index contributed by atoms with van der Waals surface area (Å²) in [5, 5.41) is 5.20. The highest BCUT2D eigenvalue weighted by molar-refractivity contribution is 6.09. The van der Waals surface area contributed by atoms with Crippen molar-refractivity contribution in [1.29, 1.82) is 0 Å². The van der Waals surface area contributed by atoms with E-state index < -0.39 is 5.79 Å². The van der Waals surface area contributed by atoms with Crippen LogP contribution in [0.5, 0.6) is 0 Å². The number of hydrogen-bond acceptors (Lipinski definition) is 4. The van der Waals surface area contributed by atoms with E-state index in [1.807, 2.05) is 54.6 Å². The van der Waals surface area contributed by atoms with E-state index in [9.17, 15) is 9.59 Å². The van der Waals surface area contributed by atoms with Crippen LogP contribution in [0.4, 0.5) is 5.69 Å². The van der Waals surface area contributed by atoms with Crippen LogP contribution in [0, 0.1) is 0 Å². The molecular formula is C24H22N2O4. The Balaban J connectivity index is 1.31. The van der Waals surface area contributed by atoms with Crippen molar-refractivity contribution in [2.24, 2.45) is 0 Å². The minimum absolute atomic E-state index is 0.0854. The van der Waals surface area contributed by atoms with Gasteiger partial charge in [0.1, 0.15) is 6.54 Å². The summed E-state index contributed by atoms with van der Waals surface area (Å²) >= 11 is 0. The predicted octanol–water partition coefficient (Wildman–Crippen LogP) is 3.09. The molecule has 1 N–H and O–H groups in total. The Morgan fingerprint density at radius 2 is 1.70 bits per heavy atom. The lowest BCUT2D eigenvalue weighted by Crippen LogP contribution is -2.49. The SMILES string of the molecule is O=C(CN1C(=O)C2(OCCCO2)c2ccccc21)NCc1ccc2ccccc2c1. The largest absolute Gasteiger partial charge is 0.350 e. The Morgan fingerprint density at radius 1 is 0.967 bits per heavy atom. The molecule has 0 saturated carbocycles. The van der Waals surface area contributed by atoms with Gasteiger partial charge in [0.05, 0.1) is 18.9 Å². The highest BCUT2D eigenvalue weighted by atomic mass is 16.7. The molecule has 1 saturated heterocycles. The Bertz CT molecular complexity index is 1120. The normalized spacial score (nSPS) is 17.3. The number of nitrogens with zero attached hydrogens (tertiary/aromatic N) is 1. The molecule has 0 radical (unpaired) electrons. The van der Waals surface area contributed by atoms with Crippen molar-refractivity contribution in [3.63, 3.8) is 0 Å². The maximum absolute atomic E-state index is 13.2. The van der Waals surface area contributed by atoms with E-state index in [4.69, 9.17) is 9.47 Å². The topological polar surface area (TPSA) is 67.9 Å². The molecule has 0 aromatic heterocycles. The number of rotatable bonds is 4. The van der Waals surface area contributed by atoms with Gasteiger partial charge in [-0.25, -0.2) is 0 Å². The van der Waals surface area contributed by atoms with E-state index in [1.54, 1.807) is 0 Å². The van der Waals surface area contributed by atoms with Crippen LogP contribution in [0.1, 0.15) is 17.5 Å². The van der Waals surface area contributed by atoms with E-state index in [2.05, 4.69) is 17.4 Å². The van der Waals surface area contributed by atoms with Gasteiger partial charge >= 0.3 is 0 Å². The molecule has 3 aromatic carbocycles. The van der Waals surface area contributed by atoms with E-state index >= 15 is 0 Å². The Morgan fingerprint density at radius 3 is 2.53 bits per heavy atom. The Kier molecular flexibility index (Phi) is 4.73. The Hall–Kier alpha value is -3.22. The standard InChI is InChI=1S/C24H22N2O4/c27-22(25-15-17-10-11-18-6-1-2-7-19(18)14-17)16-26-21-9-4-3-8-20(21)24(23(26)28)29-12-5-13-30-24/h1-4,6-11,14H,5,12-13,15-16H2,(H,25,27). The number of ether oxygens (including phenoxy) is 2. The molecule has 1 spiro atoms. The van der Waals surface area contributed by atoms with Crippen molar-refractivity contribution in [1.82, 2.24) is 5.32 Å². The first kappa shape index (κ1) is 18.8. The van der Waals surface area contributed by atoms with Crippen molar-refractivity contribution in [2.75, 3.05) is 24.7 Å². The fourth-order valence-corrected chi connectivity index (χ4v) is 4.11. The fraction of sp³-hybridized carbons (Fsp3) is 0.250. The quantitative estimate of drug-likeness (QED) is 0.728. The number of hydrogen-bond donors (Lipinski definition) is 1. The summed E-state index contributed by atoms with van der Waals surface area (Å²) in [6.45, 7) is 1.20. The van der Waals surface area contributed by atoms with Crippen molar-refractivity contribution < 1.29 is 19.1 Å². The van der Waals surface area contributed by atoms with Crippen molar-refractivity contribution in [3.05, 3.63) is 77.9 Å². The second-order valence-electron chi connectivity index (χ2n) is 7.53. The van der Waals surface area contributed by atoms with Crippen molar-refractivity contribution >= 4 is 28.3 Å².